The molecule has 0 bridgehead atoms. The number of nitrogens with one attached hydrogen (secondary N) is 1. The van der Waals surface area contributed by atoms with Gasteiger partial charge in [-0.3, -0.25) is 14.5 Å². The van der Waals surface area contributed by atoms with Gasteiger partial charge >= 0.3 is 0 Å². The van der Waals surface area contributed by atoms with Crippen LogP contribution in [0.1, 0.15) is 12.5 Å². The molecule has 0 saturated carbocycles. The molecule has 1 aliphatic rings. The van der Waals surface area contributed by atoms with Crippen LogP contribution < -0.4 is 19.9 Å². The van der Waals surface area contributed by atoms with E-state index in [1.165, 1.54) is 62.4 Å². The van der Waals surface area contributed by atoms with E-state index in [9.17, 15) is 23.1 Å². The van der Waals surface area contributed by atoms with Gasteiger partial charge in [-0.1, -0.05) is 24.0 Å². The molecule has 1 saturated heterocycles. The number of carbonyl (C=O) groups is 2. The van der Waals surface area contributed by atoms with E-state index < -0.39 is 27.9 Å². The Bertz CT molecular complexity index is 1270. The summed E-state index contributed by atoms with van der Waals surface area (Å²) in [6.07, 6.45) is 1.56. The zero-order valence-corrected chi connectivity index (χ0v) is 20.7. The number of nitrogens with two attached hydrogens (primary N) is 1. The number of thiocarbonyl (C=S) groups is 1. The van der Waals surface area contributed by atoms with Crippen molar-refractivity contribution < 1.29 is 32.6 Å². The highest BCUT2D eigenvalue weighted by Crippen LogP contribution is 2.40. The number of carbonyl (C=O) groups excluding carboxylic acids is 2. The first kappa shape index (κ1) is 25.5. The SMILES string of the molecule is COc1cc(/C=C2\SC(=S)N(C(C)C(=O)Nc3ccc(S(N)(=O)=O)cc3)C2=O)cc(OC)c1O. The molecule has 180 valence electrons. The summed E-state index contributed by atoms with van der Waals surface area (Å²) in [5.74, 6) is -0.816. The Kier molecular flexibility index (Phi) is 7.51. The number of ether oxygens (including phenoxy) is 2. The Morgan fingerprint density at radius 2 is 1.76 bits per heavy atom. The summed E-state index contributed by atoms with van der Waals surface area (Å²) in [6, 6.07) is 7.42. The molecular weight excluding hydrogens is 502 g/mol. The zero-order valence-electron chi connectivity index (χ0n) is 18.3. The summed E-state index contributed by atoms with van der Waals surface area (Å²) < 4.78 is 33.2. The number of sulfonamides is 1. The minimum atomic E-state index is -3.86. The van der Waals surface area contributed by atoms with E-state index >= 15 is 0 Å². The molecule has 0 spiro atoms. The molecule has 2 amide bonds. The summed E-state index contributed by atoms with van der Waals surface area (Å²) in [7, 11) is -1.08. The summed E-state index contributed by atoms with van der Waals surface area (Å²) in [4.78, 5) is 27.1. The maximum atomic E-state index is 13.0. The van der Waals surface area contributed by atoms with E-state index in [0.29, 0.717) is 11.3 Å². The molecule has 3 rings (SSSR count). The molecule has 1 fully saturated rings. The Morgan fingerprint density at radius 1 is 1.21 bits per heavy atom. The molecule has 13 heteroatoms. The van der Waals surface area contributed by atoms with Crippen molar-refractivity contribution in [3.63, 3.8) is 0 Å². The Hall–Kier alpha value is -3.13. The van der Waals surface area contributed by atoms with Gasteiger partial charge in [0, 0.05) is 5.69 Å². The van der Waals surface area contributed by atoms with Crippen molar-refractivity contribution in [1.82, 2.24) is 4.90 Å². The van der Waals surface area contributed by atoms with Gasteiger partial charge in [0.2, 0.25) is 21.7 Å². The average molecular weight is 524 g/mol. The molecule has 1 aliphatic heterocycles. The van der Waals surface area contributed by atoms with E-state index in [4.69, 9.17) is 26.8 Å². The number of hydrogen-bond donors (Lipinski definition) is 3. The second kappa shape index (κ2) is 10.0. The number of anilines is 1. The van der Waals surface area contributed by atoms with Crippen LogP contribution in [0.4, 0.5) is 5.69 Å². The normalized spacial score (nSPS) is 16.0. The lowest BCUT2D eigenvalue weighted by Crippen LogP contribution is -2.44. The molecule has 1 atom stereocenters. The van der Waals surface area contributed by atoms with Crippen LogP contribution in [0.15, 0.2) is 46.2 Å². The Morgan fingerprint density at radius 3 is 2.26 bits per heavy atom. The maximum Gasteiger partial charge on any atom is 0.266 e. The number of primary sulfonamides is 1. The highest BCUT2D eigenvalue weighted by atomic mass is 32.2. The lowest BCUT2D eigenvalue weighted by Gasteiger charge is -2.22. The van der Waals surface area contributed by atoms with E-state index in [1.807, 2.05) is 0 Å². The van der Waals surface area contributed by atoms with E-state index in [2.05, 4.69) is 5.32 Å². The van der Waals surface area contributed by atoms with Gasteiger partial charge in [-0.25, -0.2) is 13.6 Å². The summed E-state index contributed by atoms with van der Waals surface area (Å²) >= 11 is 6.35. The molecule has 10 nitrogen and oxygen atoms in total. The molecule has 1 unspecified atom stereocenters. The van der Waals surface area contributed by atoms with E-state index in [1.54, 1.807) is 6.08 Å². The highest BCUT2D eigenvalue weighted by molar-refractivity contribution is 8.26. The van der Waals surface area contributed by atoms with Crippen molar-refractivity contribution in [2.75, 3.05) is 19.5 Å². The molecule has 34 heavy (non-hydrogen) atoms. The van der Waals surface area contributed by atoms with Crippen LogP contribution in [0, 0.1) is 0 Å². The first-order valence-corrected chi connectivity index (χ1v) is 12.4. The minimum Gasteiger partial charge on any atom is -0.502 e. The van der Waals surface area contributed by atoms with Crippen LogP contribution in [-0.4, -0.2) is 54.8 Å². The molecule has 1 heterocycles. The van der Waals surface area contributed by atoms with Gasteiger partial charge < -0.3 is 19.9 Å². The third-order valence-corrected chi connectivity index (χ3v) is 7.10. The number of phenols is 1. The lowest BCUT2D eigenvalue weighted by molar-refractivity contribution is -0.129. The summed E-state index contributed by atoms with van der Waals surface area (Å²) in [5.41, 5.74) is 0.854. The van der Waals surface area contributed by atoms with Gasteiger partial charge in [-0.05, 0) is 55.0 Å². The third kappa shape index (κ3) is 5.33. The predicted molar refractivity (Wildman–Crippen MR) is 132 cm³/mol. The minimum absolute atomic E-state index is 0.0943. The monoisotopic (exact) mass is 523 g/mol. The molecule has 2 aromatic carbocycles. The number of phenolic OH excluding ortho intramolecular Hbond substituents is 1. The number of thioether (sulfide) groups is 1. The predicted octanol–water partition coefficient (Wildman–Crippen LogP) is 2.29. The van der Waals surface area contributed by atoms with Gasteiger partial charge in [0.1, 0.15) is 10.4 Å². The van der Waals surface area contributed by atoms with Crippen molar-refractivity contribution in [3.05, 3.63) is 46.9 Å². The quantitative estimate of drug-likeness (QED) is 0.367. The Balaban J connectivity index is 1.79. The first-order chi connectivity index (χ1) is 16.0. The molecule has 0 aliphatic carbocycles. The van der Waals surface area contributed by atoms with Crippen LogP contribution in [0.3, 0.4) is 0 Å². The third-order valence-electron chi connectivity index (χ3n) is 4.84. The number of amides is 2. The van der Waals surface area contributed by atoms with E-state index in [-0.39, 0.29) is 31.4 Å². The van der Waals surface area contributed by atoms with Gasteiger partial charge in [0.25, 0.3) is 5.91 Å². The fourth-order valence-electron chi connectivity index (χ4n) is 3.05. The van der Waals surface area contributed by atoms with Crippen molar-refractivity contribution in [2.24, 2.45) is 5.14 Å². The molecule has 2 aromatic rings. The van der Waals surface area contributed by atoms with Crippen LogP contribution in [0.25, 0.3) is 6.08 Å². The second-order valence-electron chi connectivity index (χ2n) is 7.06. The van der Waals surface area contributed by atoms with Gasteiger partial charge in [-0.15, -0.1) is 0 Å². The van der Waals surface area contributed by atoms with Crippen LogP contribution in [0.2, 0.25) is 0 Å². The maximum absolute atomic E-state index is 13.0. The number of rotatable bonds is 7. The first-order valence-electron chi connectivity index (χ1n) is 9.62. The van der Waals surface area contributed by atoms with E-state index in [0.717, 1.165) is 11.8 Å². The molecule has 4 N–H and O–H groups in total. The molecular formula is C21H21N3O7S3. The summed E-state index contributed by atoms with van der Waals surface area (Å²) in [6.45, 7) is 1.52. The average Bonchev–Trinajstić information content (AvgIpc) is 3.06. The number of methoxy groups -OCH3 is 2. The van der Waals surface area contributed by atoms with Crippen molar-refractivity contribution >= 4 is 61.9 Å². The fourth-order valence-corrected chi connectivity index (χ4v) is 4.99. The van der Waals surface area contributed by atoms with Crippen LogP contribution >= 0.6 is 24.0 Å². The van der Waals surface area contributed by atoms with Crippen molar-refractivity contribution in [3.8, 4) is 17.2 Å². The van der Waals surface area contributed by atoms with Crippen LogP contribution in [0.5, 0.6) is 17.2 Å². The smallest absolute Gasteiger partial charge is 0.266 e. The van der Waals surface area contributed by atoms with Gasteiger partial charge in [0.05, 0.1) is 24.0 Å². The Labute approximate surface area is 205 Å². The largest absolute Gasteiger partial charge is 0.502 e. The number of benzene rings is 2. The standard InChI is InChI=1S/C21H21N3O7S3/c1-11(19(26)23-13-4-6-14(7-5-13)34(22,28)29)24-20(27)17(33-21(24)32)10-12-8-15(30-2)18(25)16(9-12)31-3/h4-11,25H,1-3H3,(H,23,26)(H2,22,28,29)/b17-10-. The molecule has 0 radical (unpaired) electrons. The zero-order chi connectivity index (χ0) is 25.2. The highest BCUT2D eigenvalue weighted by Gasteiger charge is 2.38. The number of hydrogen-bond acceptors (Lipinski definition) is 9. The fraction of sp³-hybridized carbons (Fsp3) is 0.190. The second-order valence-corrected chi connectivity index (χ2v) is 10.3. The van der Waals surface area contributed by atoms with Gasteiger partial charge in [0.15, 0.2) is 11.5 Å². The van der Waals surface area contributed by atoms with Crippen molar-refractivity contribution in [2.45, 2.75) is 17.9 Å². The number of nitrogens with zero attached hydrogens (tertiary/aromatic N) is 1. The molecule has 0 aromatic heterocycles. The topological polar surface area (TPSA) is 148 Å². The van der Waals surface area contributed by atoms with Crippen LogP contribution in [-0.2, 0) is 19.6 Å². The number of aromatic hydroxyl groups is 1. The van der Waals surface area contributed by atoms with Gasteiger partial charge in [-0.2, -0.15) is 0 Å². The summed E-state index contributed by atoms with van der Waals surface area (Å²) in [5, 5.41) is 17.8. The van der Waals surface area contributed by atoms with Crippen molar-refractivity contribution in [1.29, 1.82) is 0 Å². The lowest BCUT2D eigenvalue weighted by atomic mass is 10.1.